The minimum atomic E-state index is -0.478. The van der Waals surface area contributed by atoms with E-state index in [1.807, 2.05) is 42.3 Å². The van der Waals surface area contributed by atoms with E-state index in [-0.39, 0.29) is 11.9 Å². The largest absolute Gasteiger partial charge is 0.352 e. The van der Waals surface area contributed by atoms with Crippen LogP contribution < -0.4 is 5.32 Å². The zero-order valence-electron chi connectivity index (χ0n) is 17.1. The fourth-order valence-corrected chi connectivity index (χ4v) is 4.00. The molecule has 1 fully saturated rings. The lowest BCUT2D eigenvalue weighted by molar-refractivity contribution is 0.0539. The second-order valence-electron chi connectivity index (χ2n) is 7.76. The summed E-state index contributed by atoms with van der Waals surface area (Å²) in [7, 11) is 0. The molecular weight excluding hydrogens is 383 g/mol. The number of likely N-dealkylation sites (tertiary alicyclic amines) is 1. The topological polar surface area (TPSA) is 75.9 Å². The van der Waals surface area contributed by atoms with E-state index in [0.717, 1.165) is 36.5 Å². The highest BCUT2D eigenvalue weighted by Gasteiger charge is 2.33. The van der Waals surface area contributed by atoms with Gasteiger partial charge < -0.3 is 10.2 Å². The van der Waals surface area contributed by atoms with E-state index in [1.165, 1.54) is 0 Å². The van der Waals surface area contributed by atoms with Gasteiger partial charge in [-0.3, -0.25) is 4.79 Å². The minimum Gasteiger partial charge on any atom is -0.352 e. The van der Waals surface area contributed by atoms with Crippen LogP contribution in [0.1, 0.15) is 35.7 Å². The van der Waals surface area contributed by atoms with Crippen LogP contribution in [0.25, 0.3) is 5.69 Å². The number of aryl methyl sites for hydroxylation is 1. The molecule has 8 heteroatoms. The molecule has 2 atom stereocenters. The first-order valence-electron chi connectivity index (χ1n) is 10.2. The molecule has 1 unspecified atom stereocenters. The number of nitrogens with one attached hydrogen (secondary N) is 1. The molecule has 156 valence electrons. The Morgan fingerprint density at radius 2 is 2.10 bits per heavy atom. The molecule has 1 aliphatic rings. The molecule has 1 aromatic carbocycles. The maximum atomic E-state index is 13.7. The highest BCUT2D eigenvalue weighted by Crippen LogP contribution is 2.27. The van der Waals surface area contributed by atoms with Gasteiger partial charge in [0.05, 0.1) is 29.7 Å². The third-order valence-corrected chi connectivity index (χ3v) is 5.60. The van der Waals surface area contributed by atoms with E-state index < -0.39 is 5.82 Å². The average molecular weight is 408 g/mol. The third kappa shape index (κ3) is 4.17. The van der Waals surface area contributed by atoms with Gasteiger partial charge in [-0.2, -0.15) is 5.10 Å². The smallest absolute Gasteiger partial charge is 0.256 e. The van der Waals surface area contributed by atoms with Gasteiger partial charge in [0.25, 0.3) is 5.91 Å². The highest BCUT2D eigenvalue weighted by molar-refractivity contribution is 5.98. The summed E-state index contributed by atoms with van der Waals surface area (Å²) in [5, 5.41) is 7.47. The van der Waals surface area contributed by atoms with Crippen LogP contribution in [0.3, 0.4) is 0 Å². The van der Waals surface area contributed by atoms with Gasteiger partial charge in [-0.1, -0.05) is 18.6 Å². The van der Waals surface area contributed by atoms with Crippen molar-refractivity contribution in [2.45, 2.75) is 32.7 Å². The van der Waals surface area contributed by atoms with Crippen molar-refractivity contribution in [3.05, 3.63) is 66.0 Å². The van der Waals surface area contributed by atoms with Crippen molar-refractivity contribution in [2.75, 3.05) is 18.4 Å². The average Bonchev–Trinajstić information content (AvgIpc) is 3.28. The standard InChI is InChI=1S/C22H25FN6O/c1-15-6-7-19(29-10-4-8-27-29)18(11-15)21(30)28-9-3-5-16(2)20(28)14-26-22-24-12-17(23)13-25-22/h4,6-8,10-13,16,20H,3,5,9,14H2,1-2H3,(H,24,25,26)/t16-,20?/m1/s1. The van der Waals surface area contributed by atoms with Gasteiger partial charge in [0, 0.05) is 25.5 Å². The van der Waals surface area contributed by atoms with Gasteiger partial charge in [0.2, 0.25) is 5.95 Å². The Balaban J connectivity index is 1.60. The second kappa shape index (κ2) is 8.61. The molecule has 30 heavy (non-hydrogen) atoms. The molecule has 0 spiro atoms. The maximum absolute atomic E-state index is 13.7. The van der Waals surface area contributed by atoms with Crippen molar-refractivity contribution >= 4 is 11.9 Å². The minimum absolute atomic E-state index is 0.0115. The summed E-state index contributed by atoms with van der Waals surface area (Å²) >= 11 is 0. The number of hydrogen-bond donors (Lipinski definition) is 1. The summed E-state index contributed by atoms with van der Waals surface area (Å²) in [6, 6.07) is 7.66. The van der Waals surface area contributed by atoms with Crippen molar-refractivity contribution in [3.8, 4) is 5.69 Å². The fourth-order valence-electron chi connectivity index (χ4n) is 4.00. The molecule has 0 radical (unpaired) electrons. The van der Waals surface area contributed by atoms with E-state index in [9.17, 15) is 9.18 Å². The van der Waals surface area contributed by atoms with Crippen molar-refractivity contribution in [3.63, 3.8) is 0 Å². The number of halogens is 1. The Kier molecular flexibility index (Phi) is 5.74. The highest BCUT2D eigenvalue weighted by atomic mass is 19.1. The molecule has 0 saturated carbocycles. The molecule has 0 bridgehead atoms. The van der Waals surface area contributed by atoms with Crippen LogP contribution in [0.4, 0.5) is 10.3 Å². The number of benzene rings is 1. The van der Waals surface area contributed by atoms with Gasteiger partial charge in [0.15, 0.2) is 5.82 Å². The van der Waals surface area contributed by atoms with Crippen molar-refractivity contribution < 1.29 is 9.18 Å². The quantitative estimate of drug-likeness (QED) is 0.700. The molecule has 1 aliphatic heterocycles. The van der Waals surface area contributed by atoms with Crippen LogP contribution >= 0.6 is 0 Å². The fraction of sp³-hybridized carbons (Fsp3) is 0.364. The lowest BCUT2D eigenvalue weighted by Crippen LogP contribution is -2.51. The number of anilines is 1. The number of nitrogens with zero attached hydrogens (tertiary/aromatic N) is 5. The van der Waals surface area contributed by atoms with Gasteiger partial charge in [0.1, 0.15) is 0 Å². The number of hydrogen-bond acceptors (Lipinski definition) is 5. The van der Waals surface area contributed by atoms with E-state index in [4.69, 9.17) is 0 Å². The van der Waals surface area contributed by atoms with Crippen LogP contribution in [0.5, 0.6) is 0 Å². The van der Waals surface area contributed by atoms with Crippen molar-refractivity contribution in [1.82, 2.24) is 24.6 Å². The summed E-state index contributed by atoms with van der Waals surface area (Å²) in [6.45, 7) is 5.32. The number of rotatable bonds is 5. The Morgan fingerprint density at radius 3 is 2.83 bits per heavy atom. The normalized spacial score (nSPS) is 19.0. The Labute approximate surface area is 175 Å². The first kappa shape index (κ1) is 20.0. The summed E-state index contributed by atoms with van der Waals surface area (Å²) in [5.74, 6) is 0.180. The zero-order valence-corrected chi connectivity index (χ0v) is 17.1. The van der Waals surface area contributed by atoms with Crippen LogP contribution in [-0.2, 0) is 0 Å². The van der Waals surface area contributed by atoms with Gasteiger partial charge in [-0.15, -0.1) is 0 Å². The molecule has 2 aromatic heterocycles. The molecule has 3 heterocycles. The number of carbonyl (C=O) groups is 1. The summed E-state index contributed by atoms with van der Waals surface area (Å²) < 4.78 is 14.8. The molecule has 7 nitrogen and oxygen atoms in total. The zero-order chi connectivity index (χ0) is 21.1. The Hall–Kier alpha value is -3.29. The van der Waals surface area contributed by atoms with Gasteiger partial charge in [-0.05, 0) is 43.9 Å². The van der Waals surface area contributed by atoms with Crippen molar-refractivity contribution in [1.29, 1.82) is 0 Å². The summed E-state index contributed by atoms with van der Waals surface area (Å²) in [5.41, 5.74) is 2.42. The summed E-state index contributed by atoms with van der Waals surface area (Å²) in [6.07, 6.45) is 7.80. The van der Waals surface area contributed by atoms with Crippen LogP contribution in [0.2, 0.25) is 0 Å². The first-order chi connectivity index (χ1) is 14.5. The van der Waals surface area contributed by atoms with E-state index >= 15 is 0 Å². The molecule has 1 amide bonds. The molecule has 1 saturated heterocycles. The Bertz CT molecular complexity index is 1000. The predicted octanol–water partition coefficient (Wildman–Crippen LogP) is 3.46. The van der Waals surface area contributed by atoms with Crippen molar-refractivity contribution in [2.24, 2.45) is 5.92 Å². The van der Waals surface area contributed by atoms with Gasteiger partial charge >= 0.3 is 0 Å². The third-order valence-electron chi connectivity index (χ3n) is 5.60. The van der Waals surface area contributed by atoms with E-state index in [1.54, 1.807) is 10.9 Å². The number of piperidine rings is 1. The van der Waals surface area contributed by atoms with E-state index in [0.29, 0.717) is 30.5 Å². The van der Waals surface area contributed by atoms with Crippen LogP contribution in [0, 0.1) is 18.7 Å². The monoisotopic (exact) mass is 408 g/mol. The molecule has 4 rings (SSSR count). The van der Waals surface area contributed by atoms with Crippen LogP contribution in [0.15, 0.2) is 49.1 Å². The number of carbonyl (C=O) groups excluding carboxylic acids is 1. The first-order valence-corrected chi connectivity index (χ1v) is 10.2. The maximum Gasteiger partial charge on any atom is 0.256 e. The summed E-state index contributed by atoms with van der Waals surface area (Å²) in [4.78, 5) is 23.5. The molecular formula is C22H25FN6O. The SMILES string of the molecule is Cc1ccc(-n2cccn2)c(C(=O)N2CCC[C@@H](C)C2CNc2ncc(F)cn2)c1. The van der Waals surface area contributed by atoms with E-state index in [2.05, 4.69) is 27.3 Å². The second-order valence-corrected chi connectivity index (χ2v) is 7.76. The molecule has 0 aliphatic carbocycles. The van der Waals surface area contributed by atoms with Crippen LogP contribution in [-0.4, -0.2) is 49.7 Å². The molecule has 3 aromatic rings. The molecule has 1 N–H and O–H groups in total. The number of aromatic nitrogens is 4. The predicted molar refractivity (Wildman–Crippen MR) is 112 cm³/mol. The lowest BCUT2D eigenvalue weighted by atomic mass is 9.90. The lowest BCUT2D eigenvalue weighted by Gasteiger charge is -2.40. The Morgan fingerprint density at radius 1 is 1.30 bits per heavy atom. The number of amides is 1. The van der Waals surface area contributed by atoms with Gasteiger partial charge in [-0.25, -0.2) is 19.0 Å².